The van der Waals surface area contributed by atoms with Crippen LogP contribution in [0.3, 0.4) is 0 Å². The van der Waals surface area contributed by atoms with Crippen LogP contribution in [-0.4, -0.2) is 23.3 Å². The molecule has 2 N–H and O–H groups in total. The summed E-state index contributed by atoms with van der Waals surface area (Å²) >= 11 is 0. The molecule has 0 bridgehead atoms. The van der Waals surface area contributed by atoms with Crippen LogP contribution in [0.1, 0.15) is 45.6 Å². The fourth-order valence-corrected chi connectivity index (χ4v) is 2.17. The molecule has 130 valence electrons. The predicted molar refractivity (Wildman–Crippen MR) is 97.3 cm³/mol. The summed E-state index contributed by atoms with van der Waals surface area (Å²) in [6.07, 6.45) is 7.98. The molecule has 1 rings (SSSR count). The SMILES string of the molecule is COc1cc(C=C(CC=C(C)CCC=C(C)C)C(=O)O)ccc1O. The van der Waals surface area contributed by atoms with Crippen molar-refractivity contribution in [2.45, 2.75) is 40.0 Å². The standard InChI is InChI=1S/C20H26O4/c1-14(2)6-5-7-15(3)8-10-17(20(22)23)12-16-9-11-18(21)19(13-16)24-4/h6,8-9,11-13,21H,5,7,10H2,1-4H3,(H,22,23). The van der Waals surface area contributed by atoms with Crippen LogP contribution in [0.2, 0.25) is 0 Å². The highest BCUT2D eigenvalue weighted by molar-refractivity contribution is 5.92. The number of phenolic OH excluding ortho intramolecular Hbond substituents is 1. The Morgan fingerprint density at radius 3 is 2.50 bits per heavy atom. The van der Waals surface area contributed by atoms with Crippen molar-refractivity contribution in [3.8, 4) is 11.5 Å². The molecule has 0 heterocycles. The number of carboxylic acid groups (broad SMARTS) is 1. The molecule has 4 nitrogen and oxygen atoms in total. The highest BCUT2D eigenvalue weighted by atomic mass is 16.5. The molecule has 0 spiro atoms. The van der Waals surface area contributed by atoms with Crippen molar-refractivity contribution in [2.24, 2.45) is 0 Å². The number of carbonyl (C=O) groups is 1. The van der Waals surface area contributed by atoms with Crippen molar-refractivity contribution in [1.29, 1.82) is 0 Å². The van der Waals surface area contributed by atoms with Crippen LogP contribution < -0.4 is 4.74 Å². The molecule has 0 amide bonds. The quantitative estimate of drug-likeness (QED) is 0.523. The fraction of sp³-hybridized carbons (Fsp3) is 0.350. The van der Waals surface area contributed by atoms with Crippen LogP contribution in [0, 0.1) is 0 Å². The molecule has 0 saturated heterocycles. The van der Waals surface area contributed by atoms with Gasteiger partial charge in [0.1, 0.15) is 0 Å². The minimum atomic E-state index is -0.949. The minimum Gasteiger partial charge on any atom is -0.504 e. The molecular formula is C20H26O4. The Labute approximate surface area is 143 Å². The summed E-state index contributed by atoms with van der Waals surface area (Å²) in [6, 6.07) is 4.76. The maximum absolute atomic E-state index is 11.5. The molecule has 4 heteroatoms. The number of allylic oxidation sites excluding steroid dienone is 4. The third-order valence-corrected chi connectivity index (χ3v) is 3.58. The Bertz CT molecular complexity index is 662. The van der Waals surface area contributed by atoms with Gasteiger partial charge in [0.25, 0.3) is 0 Å². The van der Waals surface area contributed by atoms with Crippen molar-refractivity contribution in [3.05, 3.63) is 52.6 Å². The van der Waals surface area contributed by atoms with E-state index in [9.17, 15) is 15.0 Å². The van der Waals surface area contributed by atoms with Gasteiger partial charge in [-0.15, -0.1) is 0 Å². The molecule has 0 fully saturated rings. The van der Waals surface area contributed by atoms with E-state index < -0.39 is 5.97 Å². The van der Waals surface area contributed by atoms with E-state index in [0.29, 0.717) is 23.3 Å². The molecule has 0 radical (unpaired) electrons. The van der Waals surface area contributed by atoms with Crippen molar-refractivity contribution >= 4 is 12.0 Å². The number of ether oxygens (including phenoxy) is 1. The Hall–Kier alpha value is -2.49. The van der Waals surface area contributed by atoms with E-state index in [4.69, 9.17) is 4.74 Å². The van der Waals surface area contributed by atoms with Crippen molar-refractivity contribution in [3.63, 3.8) is 0 Å². The summed E-state index contributed by atoms with van der Waals surface area (Å²) in [5.41, 5.74) is 3.43. The molecular weight excluding hydrogens is 304 g/mol. The Balaban J connectivity index is 2.87. The lowest BCUT2D eigenvalue weighted by atomic mass is 10.0. The van der Waals surface area contributed by atoms with Gasteiger partial charge < -0.3 is 14.9 Å². The van der Waals surface area contributed by atoms with Crippen LogP contribution in [-0.2, 0) is 4.79 Å². The fourth-order valence-electron chi connectivity index (χ4n) is 2.17. The van der Waals surface area contributed by atoms with Gasteiger partial charge in [-0.1, -0.05) is 29.4 Å². The normalized spacial score (nSPS) is 12.0. The lowest BCUT2D eigenvalue weighted by Crippen LogP contribution is -1.99. The smallest absolute Gasteiger partial charge is 0.331 e. The minimum absolute atomic E-state index is 0.0292. The van der Waals surface area contributed by atoms with Gasteiger partial charge in [0, 0.05) is 5.57 Å². The van der Waals surface area contributed by atoms with Gasteiger partial charge in [-0.3, -0.25) is 0 Å². The Kier molecular flexibility index (Phi) is 7.83. The summed E-state index contributed by atoms with van der Waals surface area (Å²) in [6.45, 7) is 6.15. The zero-order chi connectivity index (χ0) is 18.1. The number of methoxy groups -OCH3 is 1. The number of carboxylic acids is 1. The third-order valence-electron chi connectivity index (χ3n) is 3.58. The number of rotatable bonds is 8. The van der Waals surface area contributed by atoms with Crippen molar-refractivity contribution in [2.75, 3.05) is 7.11 Å². The molecule has 0 aliphatic heterocycles. The van der Waals surface area contributed by atoms with E-state index >= 15 is 0 Å². The second-order valence-electron chi connectivity index (χ2n) is 5.98. The molecule has 0 aromatic heterocycles. The maximum Gasteiger partial charge on any atom is 0.331 e. The first-order chi connectivity index (χ1) is 11.3. The first-order valence-electron chi connectivity index (χ1n) is 7.93. The highest BCUT2D eigenvalue weighted by Gasteiger charge is 2.08. The average Bonchev–Trinajstić information content (AvgIpc) is 2.52. The van der Waals surface area contributed by atoms with E-state index in [1.807, 2.05) is 13.0 Å². The van der Waals surface area contributed by atoms with Crippen LogP contribution in [0.5, 0.6) is 11.5 Å². The first-order valence-corrected chi connectivity index (χ1v) is 7.93. The number of benzene rings is 1. The van der Waals surface area contributed by atoms with Crippen LogP contribution in [0.25, 0.3) is 6.08 Å². The van der Waals surface area contributed by atoms with Crippen molar-refractivity contribution in [1.82, 2.24) is 0 Å². The van der Waals surface area contributed by atoms with Gasteiger partial charge in [0.2, 0.25) is 0 Å². The lowest BCUT2D eigenvalue weighted by Gasteiger charge is -2.05. The summed E-state index contributed by atoms with van der Waals surface area (Å²) in [7, 11) is 1.46. The average molecular weight is 330 g/mol. The molecule has 24 heavy (non-hydrogen) atoms. The molecule has 1 aromatic rings. The van der Waals surface area contributed by atoms with Gasteiger partial charge in [-0.2, -0.15) is 0 Å². The van der Waals surface area contributed by atoms with Gasteiger partial charge in [0.05, 0.1) is 7.11 Å². The molecule has 0 aliphatic rings. The molecule has 1 aromatic carbocycles. The summed E-state index contributed by atoms with van der Waals surface area (Å²) in [5.74, 6) is -0.598. The van der Waals surface area contributed by atoms with Crippen molar-refractivity contribution < 1.29 is 19.7 Å². The molecule has 0 aliphatic carbocycles. The van der Waals surface area contributed by atoms with E-state index in [0.717, 1.165) is 12.8 Å². The van der Waals surface area contributed by atoms with Crippen LogP contribution >= 0.6 is 0 Å². The van der Waals surface area contributed by atoms with E-state index in [-0.39, 0.29) is 5.75 Å². The number of aromatic hydroxyl groups is 1. The third kappa shape index (κ3) is 6.73. The van der Waals surface area contributed by atoms with Gasteiger partial charge in [-0.25, -0.2) is 4.79 Å². The second-order valence-corrected chi connectivity index (χ2v) is 5.98. The first kappa shape index (κ1) is 19.6. The number of hydrogen-bond acceptors (Lipinski definition) is 3. The molecule has 0 unspecified atom stereocenters. The predicted octanol–water partition coefficient (Wildman–Crippen LogP) is 4.95. The molecule has 0 saturated carbocycles. The summed E-state index contributed by atoms with van der Waals surface area (Å²) in [5, 5.41) is 19.0. The van der Waals surface area contributed by atoms with E-state index in [2.05, 4.69) is 19.9 Å². The largest absolute Gasteiger partial charge is 0.504 e. The number of phenols is 1. The van der Waals surface area contributed by atoms with E-state index in [1.165, 1.54) is 24.3 Å². The van der Waals surface area contributed by atoms with Gasteiger partial charge in [0.15, 0.2) is 11.5 Å². The number of hydrogen-bond donors (Lipinski definition) is 2. The summed E-state index contributed by atoms with van der Waals surface area (Å²) < 4.78 is 5.05. The lowest BCUT2D eigenvalue weighted by molar-refractivity contribution is -0.132. The zero-order valence-corrected chi connectivity index (χ0v) is 14.8. The van der Waals surface area contributed by atoms with E-state index in [1.54, 1.807) is 18.2 Å². The summed E-state index contributed by atoms with van der Waals surface area (Å²) in [4.78, 5) is 11.5. The maximum atomic E-state index is 11.5. The van der Waals surface area contributed by atoms with Crippen LogP contribution in [0.15, 0.2) is 47.1 Å². The topological polar surface area (TPSA) is 66.8 Å². The second kappa shape index (κ2) is 9.60. The van der Waals surface area contributed by atoms with Gasteiger partial charge in [-0.05, 0) is 63.8 Å². The molecule has 0 atom stereocenters. The zero-order valence-electron chi connectivity index (χ0n) is 14.8. The van der Waals surface area contributed by atoms with Crippen LogP contribution in [0.4, 0.5) is 0 Å². The Morgan fingerprint density at radius 2 is 1.92 bits per heavy atom. The number of aliphatic carboxylic acids is 1. The van der Waals surface area contributed by atoms with Gasteiger partial charge >= 0.3 is 5.97 Å². The Morgan fingerprint density at radius 1 is 1.21 bits per heavy atom. The monoisotopic (exact) mass is 330 g/mol. The highest BCUT2D eigenvalue weighted by Crippen LogP contribution is 2.27.